The molecule has 3 aliphatic rings. The van der Waals surface area contributed by atoms with Crippen molar-refractivity contribution in [3.63, 3.8) is 0 Å². The van der Waals surface area contributed by atoms with Crippen LogP contribution in [0.15, 0.2) is 36.6 Å². The molecule has 23 heavy (non-hydrogen) atoms. The summed E-state index contributed by atoms with van der Waals surface area (Å²) in [5, 5.41) is 10.2. The van der Waals surface area contributed by atoms with Gasteiger partial charge in [0.15, 0.2) is 11.5 Å². The predicted molar refractivity (Wildman–Crippen MR) is 88.5 cm³/mol. The van der Waals surface area contributed by atoms with E-state index in [0.717, 1.165) is 32.5 Å². The molecule has 4 nitrogen and oxygen atoms in total. The van der Waals surface area contributed by atoms with Crippen LogP contribution in [-0.2, 0) is 11.2 Å². The maximum atomic E-state index is 10.2. The summed E-state index contributed by atoms with van der Waals surface area (Å²) in [4.78, 5) is 2.51. The summed E-state index contributed by atoms with van der Waals surface area (Å²) in [6.07, 6.45) is 6.04. The molecule has 1 fully saturated rings. The molecule has 0 radical (unpaired) electrons. The highest BCUT2D eigenvalue weighted by Crippen LogP contribution is 2.46. The van der Waals surface area contributed by atoms with Crippen LogP contribution in [0.25, 0.3) is 0 Å². The van der Waals surface area contributed by atoms with Crippen molar-refractivity contribution in [2.45, 2.75) is 18.9 Å². The smallest absolute Gasteiger partial charge is 0.160 e. The fraction of sp³-hybridized carbons (Fsp3) is 0.474. The Balaban J connectivity index is 1.70. The van der Waals surface area contributed by atoms with Gasteiger partial charge in [0, 0.05) is 25.0 Å². The van der Waals surface area contributed by atoms with Gasteiger partial charge in [-0.1, -0.05) is 6.08 Å². The molecule has 4 heteroatoms. The Morgan fingerprint density at radius 2 is 2.30 bits per heavy atom. The second-order valence-corrected chi connectivity index (χ2v) is 6.73. The number of benzene rings is 1. The summed E-state index contributed by atoms with van der Waals surface area (Å²) in [6.45, 7) is 6.70. The third-order valence-electron chi connectivity index (χ3n) is 5.59. The quantitative estimate of drug-likeness (QED) is 0.852. The van der Waals surface area contributed by atoms with Gasteiger partial charge in [0.2, 0.25) is 0 Å². The van der Waals surface area contributed by atoms with E-state index in [1.165, 1.54) is 16.7 Å². The van der Waals surface area contributed by atoms with Gasteiger partial charge < -0.3 is 14.6 Å². The molecule has 1 aromatic rings. The molecule has 0 amide bonds. The molecule has 1 N–H and O–H groups in total. The van der Waals surface area contributed by atoms with Gasteiger partial charge in [0.1, 0.15) is 0 Å². The number of nitrogens with zero attached hydrogens (tertiary/aromatic N) is 1. The summed E-state index contributed by atoms with van der Waals surface area (Å²) < 4.78 is 10.9. The average molecular weight is 313 g/mol. The van der Waals surface area contributed by atoms with E-state index in [0.29, 0.717) is 23.6 Å². The van der Waals surface area contributed by atoms with Gasteiger partial charge in [-0.3, -0.25) is 4.90 Å². The first-order valence-electron chi connectivity index (χ1n) is 8.28. The lowest BCUT2D eigenvalue weighted by atomic mass is 9.74. The van der Waals surface area contributed by atoms with E-state index in [1.807, 2.05) is 24.5 Å². The van der Waals surface area contributed by atoms with Crippen LogP contribution >= 0.6 is 0 Å². The Labute approximate surface area is 137 Å². The zero-order chi connectivity index (χ0) is 16.0. The first kappa shape index (κ1) is 14.6. The van der Waals surface area contributed by atoms with Crippen LogP contribution in [0.2, 0.25) is 0 Å². The molecule has 0 aliphatic carbocycles. The molecular formula is C19H23NO3. The molecule has 0 aromatic heterocycles. The lowest BCUT2D eigenvalue weighted by Gasteiger charge is -2.47. The van der Waals surface area contributed by atoms with Gasteiger partial charge in [-0.15, -0.1) is 6.58 Å². The predicted octanol–water partition coefficient (Wildman–Crippen LogP) is 3.04. The number of phenolic OH excluding ortho intramolecular Hbond substituents is 1. The number of phenols is 1. The number of ether oxygens (including phenoxy) is 2. The molecule has 3 unspecified atom stereocenters. The Morgan fingerprint density at radius 3 is 3.09 bits per heavy atom. The summed E-state index contributed by atoms with van der Waals surface area (Å²) in [5.74, 6) is 1.69. The number of methoxy groups -OCH3 is 1. The number of aromatic hydroxyl groups is 1. The maximum absolute atomic E-state index is 10.2. The van der Waals surface area contributed by atoms with Crippen molar-refractivity contribution in [2.24, 2.45) is 11.8 Å². The van der Waals surface area contributed by atoms with Crippen molar-refractivity contribution in [1.29, 1.82) is 0 Å². The Bertz CT molecular complexity index is 667. The van der Waals surface area contributed by atoms with Crippen LogP contribution < -0.4 is 4.74 Å². The summed E-state index contributed by atoms with van der Waals surface area (Å²) >= 11 is 0. The van der Waals surface area contributed by atoms with Gasteiger partial charge >= 0.3 is 0 Å². The van der Waals surface area contributed by atoms with Gasteiger partial charge in [-0.05, 0) is 47.6 Å². The van der Waals surface area contributed by atoms with Gasteiger partial charge in [-0.25, -0.2) is 0 Å². The maximum Gasteiger partial charge on any atom is 0.160 e. The molecule has 0 bridgehead atoms. The Morgan fingerprint density at radius 1 is 1.43 bits per heavy atom. The normalized spacial score (nSPS) is 29.4. The van der Waals surface area contributed by atoms with Crippen molar-refractivity contribution in [3.05, 3.63) is 47.7 Å². The number of rotatable bonds is 2. The molecule has 3 aliphatic heterocycles. The number of hydrogen-bond acceptors (Lipinski definition) is 4. The zero-order valence-electron chi connectivity index (χ0n) is 13.5. The molecule has 1 aromatic carbocycles. The third-order valence-corrected chi connectivity index (χ3v) is 5.59. The molecule has 0 saturated carbocycles. The number of hydrogen-bond donors (Lipinski definition) is 1. The van der Waals surface area contributed by atoms with Crippen LogP contribution in [-0.4, -0.2) is 36.8 Å². The molecule has 3 atom stereocenters. The minimum Gasteiger partial charge on any atom is -0.504 e. The van der Waals surface area contributed by atoms with E-state index >= 15 is 0 Å². The van der Waals surface area contributed by atoms with Crippen molar-refractivity contribution in [1.82, 2.24) is 4.90 Å². The largest absolute Gasteiger partial charge is 0.504 e. The van der Waals surface area contributed by atoms with Crippen molar-refractivity contribution >= 4 is 0 Å². The van der Waals surface area contributed by atoms with Crippen molar-refractivity contribution < 1.29 is 14.6 Å². The van der Waals surface area contributed by atoms with E-state index in [1.54, 1.807) is 7.11 Å². The van der Waals surface area contributed by atoms with Crippen LogP contribution in [0.1, 0.15) is 23.6 Å². The fourth-order valence-corrected chi connectivity index (χ4v) is 4.33. The van der Waals surface area contributed by atoms with E-state index in [2.05, 4.69) is 11.5 Å². The van der Waals surface area contributed by atoms with Crippen LogP contribution in [0, 0.1) is 11.8 Å². The van der Waals surface area contributed by atoms with E-state index in [-0.39, 0.29) is 5.75 Å². The Kier molecular flexibility index (Phi) is 3.57. The highest BCUT2D eigenvalue weighted by atomic mass is 16.5. The SMILES string of the molecule is C=CC1COC=C2CN3CCc4cc(OC)c(O)cc4C3CC21. The molecule has 3 heterocycles. The van der Waals surface area contributed by atoms with Crippen LogP contribution in [0.4, 0.5) is 0 Å². The Hall–Kier alpha value is -1.94. The molecule has 1 saturated heterocycles. The highest BCUT2D eigenvalue weighted by Gasteiger charge is 2.40. The lowest BCUT2D eigenvalue weighted by molar-refractivity contribution is 0.0792. The van der Waals surface area contributed by atoms with Crippen LogP contribution in [0.3, 0.4) is 0 Å². The average Bonchev–Trinajstić information content (AvgIpc) is 2.59. The number of piperidine rings is 1. The monoisotopic (exact) mass is 313 g/mol. The van der Waals surface area contributed by atoms with Crippen molar-refractivity contribution in [3.8, 4) is 11.5 Å². The van der Waals surface area contributed by atoms with Crippen LogP contribution in [0.5, 0.6) is 11.5 Å². The zero-order valence-corrected chi connectivity index (χ0v) is 13.5. The second kappa shape index (κ2) is 5.60. The molecule has 4 rings (SSSR count). The standard InChI is InChI=1S/C19H23NO3/c1-3-12-10-23-11-14-9-20-5-4-13-6-19(22-2)18(21)8-16(13)17(20)7-15(12)14/h3,6,8,11-12,15,17,21H,1,4-5,7,9-10H2,2H3. The highest BCUT2D eigenvalue weighted by molar-refractivity contribution is 5.49. The van der Waals surface area contributed by atoms with Gasteiger partial charge in [0.25, 0.3) is 0 Å². The topological polar surface area (TPSA) is 41.9 Å². The molecule has 0 spiro atoms. The van der Waals surface area contributed by atoms with Gasteiger partial charge in [0.05, 0.1) is 20.0 Å². The lowest BCUT2D eigenvalue weighted by Crippen LogP contribution is -2.45. The fourth-order valence-electron chi connectivity index (χ4n) is 4.33. The number of fused-ring (bicyclic) bond motifs is 4. The molecule has 122 valence electrons. The van der Waals surface area contributed by atoms with E-state index < -0.39 is 0 Å². The summed E-state index contributed by atoms with van der Waals surface area (Å²) in [7, 11) is 1.60. The van der Waals surface area contributed by atoms with Gasteiger partial charge in [-0.2, -0.15) is 0 Å². The van der Waals surface area contributed by atoms with E-state index in [9.17, 15) is 5.11 Å². The minimum absolute atomic E-state index is 0.238. The summed E-state index contributed by atoms with van der Waals surface area (Å²) in [5.41, 5.74) is 3.94. The summed E-state index contributed by atoms with van der Waals surface area (Å²) in [6, 6.07) is 4.27. The molecular weight excluding hydrogens is 290 g/mol. The van der Waals surface area contributed by atoms with Crippen molar-refractivity contribution in [2.75, 3.05) is 26.8 Å². The first-order valence-corrected chi connectivity index (χ1v) is 8.28. The second-order valence-electron chi connectivity index (χ2n) is 6.73. The minimum atomic E-state index is 0.238. The van der Waals surface area contributed by atoms with E-state index in [4.69, 9.17) is 9.47 Å². The third kappa shape index (κ3) is 2.32. The first-order chi connectivity index (χ1) is 11.2.